The summed E-state index contributed by atoms with van der Waals surface area (Å²) in [5.41, 5.74) is 9.92. The van der Waals surface area contributed by atoms with Crippen LogP contribution in [0.5, 0.6) is 0 Å². The minimum Gasteiger partial charge on any atom is -0.456 e. The normalized spacial score (nSPS) is 13.2. The molecule has 2 aromatic heterocycles. The van der Waals surface area contributed by atoms with E-state index in [-0.39, 0.29) is 0 Å². The molecule has 0 unspecified atom stereocenters. The third-order valence-electron chi connectivity index (χ3n) is 12.1. The van der Waals surface area contributed by atoms with Gasteiger partial charge in [0.25, 0.3) is 0 Å². The SMILES string of the molecule is c1ccc(N2c3ccccc3[Si](c3ccccc3)(c3ccccc3)c3ccc(N(c4ccc5c(c4)oc4ccccc45)c4ccc5c(c4)oc4ccccc45)cc32)cc1. The van der Waals surface area contributed by atoms with Crippen molar-refractivity contribution < 1.29 is 8.83 Å². The van der Waals surface area contributed by atoms with E-state index < -0.39 is 8.07 Å². The fourth-order valence-electron chi connectivity index (χ4n) is 9.60. The van der Waals surface area contributed by atoms with E-state index in [2.05, 4.69) is 204 Å². The maximum Gasteiger partial charge on any atom is 0.184 e. The van der Waals surface area contributed by atoms with Crippen molar-refractivity contribution in [2.75, 3.05) is 9.80 Å². The van der Waals surface area contributed by atoms with Crippen LogP contribution in [-0.2, 0) is 0 Å². The van der Waals surface area contributed by atoms with E-state index in [1.54, 1.807) is 0 Å². The van der Waals surface area contributed by atoms with Crippen molar-refractivity contribution in [3.63, 3.8) is 0 Å². The minimum atomic E-state index is -2.87. The Morgan fingerprint density at radius 3 is 1.37 bits per heavy atom. The fraction of sp³-hybridized carbons (Fsp3) is 0. The van der Waals surface area contributed by atoms with Gasteiger partial charge in [-0.1, -0.05) is 140 Å². The molecule has 11 aromatic rings. The molecule has 59 heavy (non-hydrogen) atoms. The van der Waals surface area contributed by atoms with Crippen LogP contribution >= 0.6 is 0 Å². The second-order valence-electron chi connectivity index (χ2n) is 15.3. The number of rotatable bonds is 6. The Bertz CT molecular complexity index is 3200. The molecule has 0 aliphatic carbocycles. The van der Waals surface area contributed by atoms with E-state index in [1.807, 2.05) is 24.3 Å². The van der Waals surface area contributed by atoms with Gasteiger partial charge in [-0.15, -0.1) is 0 Å². The first-order valence-corrected chi connectivity index (χ1v) is 22.1. The van der Waals surface area contributed by atoms with Gasteiger partial charge >= 0.3 is 0 Å². The van der Waals surface area contributed by atoms with Gasteiger partial charge in [-0.05, 0) is 87.5 Å². The summed E-state index contributed by atoms with van der Waals surface area (Å²) in [6.45, 7) is 0. The number of anilines is 6. The summed E-state index contributed by atoms with van der Waals surface area (Å²) in [7, 11) is -2.87. The van der Waals surface area contributed by atoms with Gasteiger partial charge in [0.2, 0.25) is 0 Å². The molecule has 1 aliphatic rings. The number of benzene rings is 9. The predicted molar refractivity (Wildman–Crippen MR) is 248 cm³/mol. The zero-order chi connectivity index (χ0) is 38.9. The lowest BCUT2D eigenvalue weighted by Crippen LogP contribution is -2.77. The lowest BCUT2D eigenvalue weighted by Gasteiger charge is -2.45. The quantitative estimate of drug-likeness (QED) is 0.158. The van der Waals surface area contributed by atoms with E-state index in [1.165, 1.54) is 26.4 Å². The monoisotopic (exact) mass is 772 g/mol. The van der Waals surface area contributed by atoms with Gasteiger partial charge < -0.3 is 18.6 Å². The zero-order valence-electron chi connectivity index (χ0n) is 32.0. The van der Waals surface area contributed by atoms with E-state index in [4.69, 9.17) is 8.83 Å². The molecule has 9 aromatic carbocycles. The summed E-state index contributed by atoms with van der Waals surface area (Å²) in [6.07, 6.45) is 0. The van der Waals surface area contributed by atoms with Crippen molar-refractivity contribution in [2.24, 2.45) is 0 Å². The molecule has 0 saturated heterocycles. The second-order valence-corrected chi connectivity index (χ2v) is 19.0. The van der Waals surface area contributed by atoms with E-state index in [0.717, 1.165) is 72.3 Å². The highest BCUT2D eigenvalue weighted by atomic mass is 28.3. The smallest absolute Gasteiger partial charge is 0.184 e. The lowest BCUT2D eigenvalue weighted by atomic mass is 10.1. The number of hydrogen-bond donors (Lipinski definition) is 0. The number of nitrogens with zero attached hydrogens (tertiary/aromatic N) is 2. The molecule has 0 saturated carbocycles. The maximum atomic E-state index is 6.51. The van der Waals surface area contributed by atoms with Gasteiger partial charge in [0.15, 0.2) is 8.07 Å². The summed E-state index contributed by atoms with van der Waals surface area (Å²) >= 11 is 0. The van der Waals surface area contributed by atoms with Crippen molar-refractivity contribution in [1.29, 1.82) is 0 Å². The van der Waals surface area contributed by atoms with Crippen LogP contribution in [0.4, 0.5) is 34.1 Å². The zero-order valence-corrected chi connectivity index (χ0v) is 33.0. The molecule has 278 valence electrons. The number of hydrogen-bond acceptors (Lipinski definition) is 4. The maximum absolute atomic E-state index is 6.51. The van der Waals surface area contributed by atoms with Crippen LogP contribution in [0, 0.1) is 0 Å². The Hall–Kier alpha value is -7.60. The van der Waals surface area contributed by atoms with Crippen molar-refractivity contribution in [3.8, 4) is 0 Å². The molecule has 0 fully saturated rings. The van der Waals surface area contributed by atoms with Crippen LogP contribution in [0.25, 0.3) is 43.9 Å². The van der Waals surface area contributed by atoms with Crippen LogP contribution < -0.4 is 30.5 Å². The highest BCUT2D eigenvalue weighted by molar-refractivity contribution is 7.21. The van der Waals surface area contributed by atoms with Gasteiger partial charge in [-0.2, -0.15) is 0 Å². The molecule has 3 heterocycles. The Morgan fingerprint density at radius 1 is 0.339 bits per heavy atom. The second kappa shape index (κ2) is 13.2. The lowest BCUT2D eigenvalue weighted by molar-refractivity contribution is 0.669. The van der Waals surface area contributed by atoms with Gasteiger partial charge in [0.1, 0.15) is 22.3 Å². The van der Waals surface area contributed by atoms with Gasteiger partial charge in [0.05, 0.1) is 0 Å². The van der Waals surface area contributed by atoms with Crippen LogP contribution in [0.2, 0.25) is 0 Å². The van der Waals surface area contributed by atoms with Crippen molar-refractivity contribution in [3.05, 3.63) is 218 Å². The Labute approximate surface area is 342 Å². The average molecular weight is 773 g/mol. The van der Waals surface area contributed by atoms with Gasteiger partial charge in [0, 0.05) is 67.8 Å². The molecule has 0 spiro atoms. The highest BCUT2D eigenvalue weighted by Crippen LogP contribution is 2.44. The first-order chi connectivity index (χ1) is 29.3. The topological polar surface area (TPSA) is 32.8 Å². The molecule has 5 heteroatoms. The first-order valence-electron chi connectivity index (χ1n) is 20.1. The van der Waals surface area contributed by atoms with Crippen molar-refractivity contribution in [1.82, 2.24) is 0 Å². The minimum absolute atomic E-state index is 0.843. The highest BCUT2D eigenvalue weighted by Gasteiger charge is 2.49. The van der Waals surface area contributed by atoms with Crippen molar-refractivity contribution >= 4 is 107 Å². The third-order valence-corrected chi connectivity index (χ3v) is 17.0. The third kappa shape index (κ3) is 5.08. The predicted octanol–water partition coefficient (Wildman–Crippen LogP) is 12.1. The van der Waals surface area contributed by atoms with Gasteiger partial charge in [-0.25, -0.2) is 0 Å². The largest absolute Gasteiger partial charge is 0.456 e. The Kier molecular flexibility index (Phi) is 7.52. The standard InChI is InChI=1S/C54H36N2O2Si/c1-4-16-37(17-5-1)56-47-24-12-15-27-53(47)59(41-18-6-2-7-19-41,42-20-8-3-9-21-42)54-33-30-38(34-48(54)56)55(39-28-31-45-43-22-10-13-25-49(43)57-51(45)35-39)40-29-32-46-44-23-11-14-26-50(44)58-52(46)36-40/h1-36H. The van der Waals surface area contributed by atoms with Crippen LogP contribution in [0.15, 0.2) is 227 Å². The molecule has 0 radical (unpaired) electrons. The number of fused-ring (bicyclic) bond motifs is 8. The number of furan rings is 2. The Balaban J connectivity index is 1.16. The molecular weight excluding hydrogens is 737 g/mol. The summed E-state index contributed by atoms with van der Waals surface area (Å²) < 4.78 is 13.0. The Morgan fingerprint density at radius 2 is 0.780 bits per heavy atom. The van der Waals surface area contributed by atoms with Gasteiger partial charge in [-0.3, -0.25) is 0 Å². The summed E-state index contributed by atoms with van der Waals surface area (Å²) in [6, 6.07) is 79.0. The van der Waals surface area contributed by atoms with E-state index in [0.29, 0.717) is 0 Å². The molecule has 0 bridgehead atoms. The van der Waals surface area contributed by atoms with Crippen LogP contribution in [-0.4, -0.2) is 8.07 Å². The fourth-order valence-corrected chi connectivity index (χ4v) is 14.7. The summed E-state index contributed by atoms with van der Waals surface area (Å²) in [5.74, 6) is 0. The summed E-state index contributed by atoms with van der Waals surface area (Å²) in [4.78, 5) is 4.81. The first kappa shape index (κ1) is 33.5. The molecule has 12 rings (SSSR count). The molecule has 0 amide bonds. The molecule has 0 atom stereocenters. The molecule has 4 nitrogen and oxygen atoms in total. The van der Waals surface area contributed by atoms with Crippen molar-refractivity contribution in [2.45, 2.75) is 0 Å². The van der Waals surface area contributed by atoms with E-state index in [9.17, 15) is 0 Å². The number of para-hydroxylation sites is 4. The molecule has 1 aliphatic heterocycles. The molecule has 0 N–H and O–H groups in total. The summed E-state index contributed by atoms with van der Waals surface area (Å²) in [5, 5.41) is 9.81. The molecular formula is C54H36N2O2Si. The van der Waals surface area contributed by atoms with E-state index >= 15 is 0 Å². The van der Waals surface area contributed by atoms with Crippen LogP contribution in [0.1, 0.15) is 0 Å². The van der Waals surface area contributed by atoms with Crippen LogP contribution in [0.3, 0.4) is 0 Å². The average Bonchev–Trinajstić information content (AvgIpc) is 3.87.